The standard InChI is InChI=1S/C12H17BrN2O2S/c1-7-4-10(18-11(7)13)12(17)15-5-8(14(2)3)9(16)6-15/h4,8-9,16H,5-6H2,1-3H3/t8-,9-/m0/s1. The number of likely N-dealkylation sites (N-methyl/N-ethyl adjacent to an activating group) is 1. The first-order valence-corrected chi connectivity index (χ1v) is 7.40. The van der Waals surface area contributed by atoms with Crippen LogP contribution in [0.5, 0.6) is 0 Å². The molecule has 1 aliphatic heterocycles. The van der Waals surface area contributed by atoms with Gasteiger partial charge in [-0.15, -0.1) is 11.3 Å². The molecule has 0 spiro atoms. The van der Waals surface area contributed by atoms with E-state index >= 15 is 0 Å². The molecule has 0 bridgehead atoms. The Hall–Kier alpha value is -0.430. The Bertz CT molecular complexity index is 441. The molecule has 0 radical (unpaired) electrons. The highest BCUT2D eigenvalue weighted by atomic mass is 79.9. The molecule has 2 atom stereocenters. The maximum absolute atomic E-state index is 12.3. The summed E-state index contributed by atoms with van der Waals surface area (Å²) in [6.07, 6.45) is -0.464. The minimum Gasteiger partial charge on any atom is -0.390 e. The summed E-state index contributed by atoms with van der Waals surface area (Å²) in [4.78, 5) is 16.7. The van der Waals surface area contributed by atoms with Crippen LogP contribution < -0.4 is 0 Å². The highest BCUT2D eigenvalue weighted by molar-refractivity contribution is 9.11. The molecule has 1 fully saturated rings. The Morgan fingerprint density at radius 3 is 2.67 bits per heavy atom. The first-order chi connectivity index (χ1) is 8.40. The molecule has 100 valence electrons. The number of β-amino-alcohol motifs (C(OH)–C–C–N with tert-alkyl or cyclic N) is 1. The first kappa shape index (κ1) is 14.0. The fourth-order valence-corrected chi connectivity index (χ4v) is 3.67. The van der Waals surface area contributed by atoms with Crippen LogP contribution in [0, 0.1) is 6.92 Å². The molecule has 1 saturated heterocycles. The van der Waals surface area contributed by atoms with Crippen molar-refractivity contribution >= 4 is 33.2 Å². The molecular formula is C12H17BrN2O2S. The number of hydrogen-bond acceptors (Lipinski definition) is 4. The van der Waals surface area contributed by atoms with Crippen molar-refractivity contribution in [1.82, 2.24) is 9.80 Å². The summed E-state index contributed by atoms with van der Waals surface area (Å²) in [6.45, 7) is 2.97. The Labute approximate surface area is 119 Å². The van der Waals surface area contributed by atoms with Crippen molar-refractivity contribution in [3.63, 3.8) is 0 Å². The maximum atomic E-state index is 12.3. The van der Waals surface area contributed by atoms with Gasteiger partial charge in [-0.05, 0) is 48.6 Å². The van der Waals surface area contributed by atoms with E-state index in [1.54, 1.807) is 4.90 Å². The van der Waals surface area contributed by atoms with Crippen LogP contribution in [0.2, 0.25) is 0 Å². The Kier molecular flexibility index (Phi) is 4.11. The zero-order chi connectivity index (χ0) is 13.4. The molecule has 0 aromatic carbocycles. The summed E-state index contributed by atoms with van der Waals surface area (Å²) in [6, 6.07) is 1.92. The maximum Gasteiger partial charge on any atom is 0.264 e. The third kappa shape index (κ3) is 2.61. The smallest absolute Gasteiger partial charge is 0.264 e. The van der Waals surface area contributed by atoms with E-state index in [4.69, 9.17) is 0 Å². The molecule has 18 heavy (non-hydrogen) atoms. The number of halogens is 1. The Morgan fingerprint density at radius 2 is 2.22 bits per heavy atom. The number of carbonyl (C=O) groups is 1. The molecule has 1 N–H and O–H groups in total. The SMILES string of the molecule is Cc1cc(C(=O)N2C[C@H](O)[C@@H](N(C)C)C2)sc1Br. The summed E-state index contributed by atoms with van der Waals surface area (Å²) in [5, 5.41) is 9.94. The van der Waals surface area contributed by atoms with Crippen molar-refractivity contribution in [3.8, 4) is 0 Å². The number of aliphatic hydroxyl groups excluding tert-OH is 1. The van der Waals surface area contributed by atoms with Crippen LogP contribution >= 0.6 is 27.3 Å². The topological polar surface area (TPSA) is 43.8 Å². The molecular weight excluding hydrogens is 316 g/mol. The van der Waals surface area contributed by atoms with Gasteiger partial charge in [-0.3, -0.25) is 4.79 Å². The average Bonchev–Trinajstić information content (AvgIpc) is 2.82. The molecule has 0 aliphatic carbocycles. The van der Waals surface area contributed by atoms with Crippen LogP contribution in [-0.2, 0) is 0 Å². The number of aryl methyl sites for hydroxylation is 1. The first-order valence-electron chi connectivity index (χ1n) is 5.80. The van der Waals surface area contributed by atoms with Gasteiger partial charge in [0.05, 0.1) is 20.8 Å². The van der Waals surface area contributed by atoms with Crippen LogP contribution in [0.1, 0.15) is 15.2 Å². The molecule has 0 unspecified atom stereocenters. The van der Waals surface area contributed by atoms with Gasteiger partial charge < -0.3 is 14.9 Å². The third-order valence-corrected chi connectivity index (χ3v) is 5.40. The van der Waals surface area contributed by atoms with Crippen molar-refractivity contribution in [3.05, 3.63) is 20.3 Å². The zero-order valence-corrected chi connectivity index (χ0v) is 13.1. The molecule has 1 amide bonds. The van der Waals surface area contributed by atoms with E-state index in [1.165, 1.54) is 11.3 Å². The summed E-state index contributed by atoms with van der Waals surface area (Å²) in [5.41, 5.74) is 1.08. The van der Waals surface area contributed by atoms with Crippen LogP contribution in [-0.4, -0.2) is 60.1 Å². The van der Waals surface area contributed by atoms with E-state index in [0.29, 0.717) is 13.1 Å². The normalized spacial score (nSPS) is 24.0. The molecule has 0 saturated carbocycles. The van der Waals surface area contributed by atoms with Gasteiger partial charge in [-0.2, -0.15) is 0 Å². The highest BCUT2D eigenvalue weighted by Crippen LogP contribution is 2.29. The van der Waals surface area contributed by atoms with E-state index < -0.39 is 6.10 Å². The minimum absolute atomic E-state index is 0.0113. The lowest BCUT2D eigenvalue weighted by Gasteiger charge is -2.21. The lowest BCUT2D eigenvalue weighted by atomic mass is 10.2. The molecule has 4 nitrogen and oxygen atoms in total. The largest absolute Gasteiger partial charge is 0.390 e. The van der Waals surface area contributed by atoms with E-state index in [2.05, 4.69) is 15.9 Å². The molecule has 1 aromatic heterocycles. The monoisotopic (exact) mass is 332 g/mol. The average molecular weight is 333 g/mol. The number of aliphatic hydroxyl groups is 1. The van der Waals surface area contributed by atoms with E-state index in [0.717, 1.165) is 14.2 Å². The summed E-state index contributed by atoms with van der Waals surface area (Å²) in [7, 11) is 3.85. The molecule has 2 rings (SSSR count). The van der Waals surface area contributed by atoms with Crippen LogP contribution in [0.4, 0.5) is 0 Å². The fraction of sp³-hybridized carbons (Fsp3) is 0.583. The van der Waals surface area contributed by atoms with Crippen LogP contribution in [0.25, 0.3) is 0 Å². The van der Waals surface area contributed by atoms with Gasteiger partial charge in [-0.25, -0.2) is 0 Å². The lowest BCUT2D eigenvalue weighted by molar-refractivity contribution is 0.0768. The molecule has 1 aromatic rings. The number of hydrogen-bond donors (Lipinski definition) is 1. The van der Waals surface area contributed by atoms with Gasteiger partial charge in [0.25, 0.3) is 5.91 Å². The van der Waals surface area contributed by atoms with Gasteiger partial charge in [0, 0.05) is 13.1 Å². The van der Waals surface area contributed by atoms with E-state index in [9.17, 15) is 9.90 Å². The third-order valence-electron chi connectivity index (χ3n) is 3.28. The molecule has 1 aliphatic rings. The van der Waals surface area contributed by atoms with Crippen molar-refractivity contribution in [2.75, 3.05) is 27.2 Å². The summed E-state index contributed by atoms with van der Waals surface area (Å²) < 4.78 is 0.995. The second kappa shape index (κ2) is 5.28. The fourth-order valence-electron chi connectivity index (χ4n) is 2.16. The van der Waals surface area contributed by atoms with Crippen molar-refractivity contribution in [2.24, 2.45) is 0 Å². The lowest BCUT2D eigenvalue weighted by Crippen LogP contribution is -2.38. The number of rotatable bonds is 2. The summed E-state index contributed by atoms with van der Waals surface area (Å²) >= 11 is 4.88. The number of thiophene rings is 1. The van der Waals surface area contributed by atoms with Gasteiger partial charge in [0.1, 0.15) is 0 Å². The van der Waals surface area contributed by atoms with Crippen molar-refractivity contribution in [2.45, 2.75) is 19.1 Å². The molecule has 2 heterocycles. The van der Waals surface area contributed by atoms with Crippen molar-refractivity contribution < 1.29 is 9.90 Å². The summed E-state index contributed by atoms with van der Waals surface area (Å²) in [5.74, 6) is 0.0113. The van der Waals surface area contributed by atoms with E-state index in [1.807, 2.05) is 32.0 Å². The number of carbonyl (C=O) groups excluding carboxylic acids is 1. The number of nitrogens with zero attached hydrogens (tertiary/aromatic N) is 2. The van der Waals surface area contributed by atoms with Crippen LogP contribution in [0.3, 0.4) is 0 Å². The number of amides is 1. The van der Waals surface area contributed by atoms with E-state index in [-0.39, 0.29) is 11.9 Å². The van der Waals surface area contributed by atoms with Crippen molar-refractivity contribution in [1.29, 1.82) is 0 Å². The second-order valence-electron chi connectivity index (χ2n) is 4.88. The van der Waals surface area contributed by atoms with Gasteiger partial charge in [0.15, 0.2) is 0 Å². The second-order valence-corrected chi connectivity index (χ2v) is 7.25. The Balaban J connectivity index is 2.12. The van der Waals surface area contributed by atoms with Crippen LogP contribution in [0.15, 0.2) is 9.85 Å². The highest BCUT2D eigenvalue weighted by Gasteiger charge is 2.35. The number of likely N-dealkylation sites (tertiary alicyclic amines) is 1. The predicted octanol–water partition coefficient (Wildman–Crippen LogP) is 1.57. The van der Waals surface area contributed by atoms with Gasteiger partial charge >= 0.3 is 0 Å². The van der Waals surface area contributed by atoms with Gasteiger partial charge in [-0.1, -0.05) is 0 Å². The van der Waals surface area contributed by atoms with Gasteiger partial charge in [0.2, 0.25) is 0 Å². The Morgan fingerprint density at radius 1 is 1.56 bits per heavy atom. The zero-order valence-electron chi connectivity index (χ0n) is 10.7. The quantitative estimate of drug-likeness (QED) is 0.893. The molecule has 6 heteroatoms. The predicted molar refractivity (Wildman–Crippen MR) is 76.1 cm³/mol. The minimum atomic E-state index is -0.464.